The average Bonchev–Trinajstić information content (AvgIpc) is 2.39. The zero-order valence-corrected chi connectivity index (χ0v) is 12.8. The van der Waals surface area contributed by atoms with Crippen molar-refractivity contribution in [1.82, 2.24) is 0 Å². The number of anilines is 1. The van der Waals surface area contributed by atoms with Crippen molar-refractivity contribution < 1.29 is 22.0 Å². The molecule has 0 saturated carbocycles. The summed E-state index contributed by atoms with van der Waals surface area (Å²) in [6.07, 6.45) is 0.961. The first-order chi connectivity index (χ1) is 10.2. The number of halogens is 3. The van der Waals surface area contributed by atoms with E-state index in [1.807, 2.05) is 0 Å². The normalized spacial score (nSPS) is 11.3. The molecule has 0 aromatic heterocycles. The van der Waals surface area contributed by atoms with Gasteiger partial charge in [-0.1, -0.05) is 11.6 Å². The molecule has 0 fully saturated rings. The summed E-state index contributed by atoms with van der Waals surface area (Å²) in [5, 5.41) is 2.07. The summed E-state index contributed by atoms with van der Waals surface area (Å²) >= 11 is 5.74. The highest BCUT2D eigenvalue weighted by Crippen LogP contribution is 2.22. The van der Waals surface area contributed by atoms with Gasteiger partial charge in [-0.2, -0.15) is 0 Å². The third-order valence-electron chi connectivity index (χ3n) is 2.79. The van der Waals surface area contributed by atoms with E-state index in [1.54, 1.807) is 0 Å². The number of carbonyl (C=O) groups is 1. The third kappa shape index (κ3) is 3.61. The summed E-state index contributed by atoms with van der Waals surface area (Å²) in [5.74, 6) is -2.21. The summed E-state index contributed by atoms with van der Waals surface area (Å²) < 4.78 is 49.5. The Morgan fingerprint density at radius 2 is 1.82 bits per heavy atom. The van der Waals surface area contributed by atoms with Gasteiger partial charge in [0.25, 0.3) is 5.91 Å². The number of carbonyl (C=O) groups excluding carboxylic acids is 1. The van der Waals surface area contributed by atoms with Crippen LogP contribution in [0.5, 0.6) is 0 Å². The molecule has 2 aromatic carbocycles. The fourth-order valence-corrected chi connectivity index (χ4v) is 2.59. The van der Waals surface area contributed by atoms with E-state index in [4.69, 9.17) is 11.6 Å². The number of amides is 1. The molecule has 0 radical (unpaired) electrons. The molecule has 8 heteroatoms. The van der Waals surface area contributed by atoms with E-state index in [0.717, 1.165) is 42.7 Å². The predicted molar refractivity (Wildman–Crippen MR) is 78.9 cm³/mol. The Bertz CT molecular complexity index is 853. The first-order valence-electron chi connectivity index (χ1n) is 5.94. The second kappa shape index (κ2) is 6.02. The molecular weight excluding hydrogens is 336 g/mol. The smallest absolute Gasteiger partial charge is 0.257 e. The largest absolute Gasteiger partial charge is 0.319 e. The van der Waals surface area contributed by atoms with Crippen molar-refractivity contribution in [1.29, 1.82) is 0 Å². The Morgan fingerprint density at radius 3 is 2.41 bits per heavy atom. The highest BCUT2D eigenvalue weighted by Gasteiger charge is 2.16. The van der Waals surface area contributed by atoms with Crippen LogP contribution in [0.3, 0.4) is 0 Å². The first-order valence-corrected chi connectivity index (χ1v) is 8.21. The number of hydrogen-bond acceptors (Lipinski definition) is 3. The molecule has 0 unspecified atom stereocenters. The highest BCUT2D eigenvalue weighted by molar-refractivity contribution is 7.90. The molecule has 0 atom stereocenters. The van der Waals surface area contributed by atoms with Gasteiger partial charge in [0.05, 0.1) is 21.2 Å². The van der Waals surface area contributed by atoms with Crippen LogP contribution in [0.4, 0.5) is 14.5 Å². The summed E-state index contributed by atoms with van der Waals surface area (Å²) in [7, 11) is -3.55. The Hall–Kier alpha value is -1.99. The molecule has 2 aromatic rings. The number of nitrogens with one attached hydrogen (secondary N) is 1. The lowest BCUT2D eigenvalue weighted by atomic mass is 10.2. The fraction of sp³-hybridized carbons (Fsp3) is 0.0714. The molecule has 1 amide bonds. The van der Waals surface area contributed by atoms with E-state index in [9.17, 15) is 22.0 Å². The van der Waals surface area contributed by atoms with Gasteiger partial charge in [-0.3, -0.25) is 4.79 Å². The molecule has 0 aliphatic rings. The van der Waals surface area contributed by atoms with Gasteiger partial charge in [0.2, 0.25) is 0 Å². The van der Waals surface area contributed by atoms with E-state index in [1.165, 1.54) is 0 Å². The van der Waals surface area contributed by atoms with E-state index in [-0.39, 0.29) is 21.2 Å². The molecule has 0 bridgehead atoms. The van der Waals surface area contributed by atoms with Crippen LogP contribution in [0.15, 0.2) is 41.3 Å². The van der Waals surface area contributed by atoms with E-state index in [2.05, 4.69) is 5.32 Å². The molecule has 0 aliphatic carbocycles. The topological polar surface area (TPSA) is 63.2 Å². The fourth-order valence-electron chi connectivity index (χ4n) is 1.69. The molecule has 116 valence electrons. The van der Waals surface area contributed by atoms with Gasteiger partial charge in [-0.25, -0.2) is 17.2 Å². The molecule has 4 nitrogen and oxygen atoms in total. The first kappa shape index (κ1) is 16.4. The van der Waals surface area contributed by atoms with Gasteiger partial charge in [0.15, 0.2) is 9.84 Å². The summed E-state index contributed by atoms with van der Waals surface area (Å²) in [6.45, 7) is 0. The number of rotatable bonds is 3. The van der Waals surface area contributed by atoms with Gasteiger partial charge in [-0.05, 0) is 36.4 Å². The van der Waals surface area contributed by atoms with Crippen LogP contribution in [0, 0.1) is 11.6 Å². The maximum atomic E-state index is 13.7. The zero-order valence-electron chi connectivity index (χ0n) is 11.2. The predicted octanol–water partition coefficient (Wildman–Crippen LogP) is 3.27. The lowest BCUT2D eigenvalue weighted by Gasteiger charge is -2.09. The third-order valence-corrected chi connectivity index (χ3v) is 4.21. The number of benzene rings is 2. The van der Waals surface area contributed by atoms with Gasteiger partial charge in [-0.15, -0.1) is 0 Å². The van der Waals surface area contributed by atoms with E-state index >= 15 is 0 Å². The minimum atomic E-state index is -3.55. The maximum Gasteiger partial charge on any atom is 0.257 e. The lowest BCUT2D eigenvalue weighted by molar-refractivity contribution is 0.102. The Kier molecular flexibility index (Phi) is 4.48. The summed E-state index contributed by atoms with van der Waals surface area (Å²) in [6, 6.07) is 6.14. The van der Waals surface area contributed by atoms with Gasteiger partial charge in [0, 0.05) is 6.26 Å². The molecule has 2 rings (SSSR count). The lowest BCUT2D eigenvalue weighted by Crippen LogP contribution is -2.14. The molecular formula is C14H10ClF2NO3S. The molecule has 22 heavy (non-hydrogen) atoms. The quantitative estimate of drug-likeness (QED) is 0.868. The summed E-state index contributed by atoms with van der Waals surface area (Å²) in [4.78, 5) is 11.9. The van der Waals surface area contributed by atoms with Crippen LogP contribution in [0.25, 0.3) is 0 Å². The number of sulfone groups is 1. The van der Waals surface area contributed by atoms with Gasteiger partial charge in [0.1, 0.15) is 11.6 Å². The van der Waals surface area contributed by atoms with Crippen molar-refractivity contribution in [3.63, 3.8) is 0 Å². The zero-order chi connectivity index (χ0) is 16.5. The van der Waals surface area contributed by atoms with E-state index < -0.39 is 27.4 Å². The van der Waals surface area contributed by atoms with Crippen molar-refractivity contribution in [2.24, 2.45) is 0 Å². The monoisotopic (exact) mass is 345 g/mol. The van der Waals surface area contributed by atoms with Crippen LogP contribution < -0.4 is 5.32 Å². The maximum absolute atomic E-state index is 13.7. The second-order valence-electron chi connectivity index (χ2n) is 4.49. The van der Waals surface area contributed by atoms with Crippen molar-refractivity contribution >= 4 is 33.0 Å². The van der Waals surface area contributed by atoms with Crippen LogP contribution in [-0.4, -0.2) is 20.6 Å². The molecule has 0 saturated heterocycles. The van der Waals surface area contributed by atoms with Crippen LogP contribution in [0.2, 0.25) is 5.02 Å². The van der Waals surface area contributed by atoms with E-state index in [0.29, 0.717) is 0 Å². The van der Waals surface area contributed by atoms with Gasteiger partial charge < -0.3 is 5.32 Å². The SMILES string of the molecule is CS(=O)(=O)c1ccc(F)c(NC(=O)c2ccc(F)cc2Cl)c1. The second-order valence-corrected chi connectivity index (χ2v) is 6.92. The average molecular weight is 346 g/mol. The summed E-state index contributed by atoms with van der Waals surface area (Å²) in [5.41, 5.74) is -0.374. The molecule has 0 spiro atoms. The minimum Gasteiger partial charge on any atom is -0.319 e. The Labute approximate surface area is 130 Å². The Balaban J connectivity index is 2.36. The minimum absolute atomic E-state index is 0.0628. The van der Waals surface area contributed by atoms with Crippen LogP contribution in [0.1, 0.15) is 10.4 Å². The van der Waals surface area contributed by atoms with Gasteiger partial charge >= 0.3 is 0 Å². The highest BCUT2D eigenvalue weighted by atomic mass is 35.5. The van der Waals surface area contributed by atoms with Crippen molar-refractivity contribution in [3.8, 4) is 0 Å². The van der Waals surface area contributed by atoms with Crippen molar-refractivity contribution in [3.05, 3.63) is 58.6 Å². The number of hydrogen-bond donors (Lipinski definition) is 1. The van der Waals surface area contributed by atoms with Crippen molar-refractivity contribution in [2.45, 2.75) is 4.90 Å². The van der Waals surface area contributed by atoms with Crippen molar-refractivity contribution in [2.75, 3.05) is 11.6 Å². The Morgan fingerprint density at radius 1 is 1.14 bits per heavy atom. The van der Waals surface area contributed by atoms with Crippen LogP contribution >= 0.6 is 11.6 Å². The van der Waals surface area contributed by atoms with Crippen LogP contribution in [-0.2, 0) is 9.84 Å². The molecule has 0 aliphatic heterocycles. The molecule has 0 heterocycles. The standard InChI is InChI=1S/C14H10ClF2NO3S/c1-22(20,21)9-3-5-12(17)13(7-9)18-14(19)10-4-2-8(16)6-11(10)15/h2-7H,1H3,(H,18,19). The molecule has 1 N–H and O–H groups in total.